The molecule has 5 nitrogen and oxygen atoms in total. The Morgan fingerprint density at radius 3 is 2.12 bits per heavy atom. The van der Waals surface area contributed by atoms with Crippen LogP contribution in [-0.2, 0) is 9.59 Å². The van der Waals surface area contributed by atoms with Gasteiger partial charge in [0.1, 0.15) is 5.82 Å². The maximum Gasteiger partial charge on any atom is 0.314 e. The van der Waals surface area contributed by atoms with Crippen LogP contribution in [0.3, 0.4) is 0 Å². The number of aryl methyl sites for hydroxylation is 1. The molecule has 2 rings (SSSR count). The number of rotatable bonds is 5. The molecule has 0 radical (unpaired) electrons. The van der Waals surface area contributed by atoms with Gasteiger partial charge in [0.05, 0.1) is 5.69 Å². The van der Waals surface area contributed by atoms with Crippen molar-refractivity contribution in [2.24, 2.45) is 0 Å². The van der Waals surface area contributed by atoms with E-state index in [0.717, 1.165) is 24.3 Å². The summed E-state index contributed by atoms with van der Waals surface area (Å²) in [5.74, 6) is -2.36. The summed E-state index contributed by atoms with van der Waals surface area (Å²) >= 11 is 0. The molecule has 0 aliphatic carbocycles. The number of carbonyl (C=O) groups is 2. The molecule has 0 saturated heterocycles. The molecule has 0 unspecified atom stereocenters. The van der Waals surface area contributed by atoms with E-state index in [0.29, 0.717) is 5.69 Å². The SMILES string of the molecule is CCN(CC)c1ccc(NC(=O)C(=O)Nc2ccccc2F)c(C)c1. The number of amides is 2. The number of carbonyl (C=O) groups excluding carboxylic acids is 2. The zero-order valence-electron chi connectivity index (χ0n) is 14.6. The van der Waals surface area contributed by atoms with Gasteiger partial charge in [-0.3, -0.25) is 9.59 Å². The van der Waals surface area contributed by atoms with Crippen molar-refractivity contribution in [1.82, 2.24) is 0 Å². The number of anilines is 3. The Hall–Kier alpha value is -2.89. The van der Waals surface area contributed by atoms with Crippen molar-refractivity contribution in [3.8, 4) is 0 Å². The van der Waals surface area contributed by atoms with E-state index >= 15 is 0 Å². The summed E-state index contributed by atoms with van der Waals surface area (Å²) in [6.07, 6.45) is 0. The highest BCUT2D eigenvalue weighted by Gasteiger charge is 2.16. The smallest absolute Gasteiger partial charge is 0.314 e. The molecule has 0 aromatic heterocycles. The standard InChI is InChI=1S/C19H22FN3O2/c1-4-23(5-2)14-10-11-16(13(3)12-14)21-18(24)19(25)22-17-9-7-6-8-15(17)20/h6-12H,4-5H2,1-3H3,(H,21,24)(H,22,25). The second kappa shape index (κ2) is 8.28. The molecule has 2 aromatic carbocycles. The molecular formula is C19H22FN3O2. The van der Waals surface area contributed by atoms with Gasteiger partial charge >= 0.3 is 11.8 Å². The van der Waals surface area contributed by atoms with Gasteiger partial charge in [0.25, 0.3) is 0 Å². The van der Waals surface area contributed by atoms with Crippen LogP contribution < -0.4 is 15.5 Å². The van der Waals surface area contributed by atoms with Crippen LogP contribution in [0.5, 0.6) is 0 Å². The van der Waals surface area contributed by atoms with E-state index in [2.05, 4.69) is 29.4 Å². The highest BCUT2D eigenvalue weighted by atomic mass is 19.1. The molecule has 25 heavy (non-hydrogen) atoms. The van der Waals surface area contributed by atoms with Crippen molar-refractivity contribution in [2.75, 3.05) is 28.6 Å². The summed E-state index contributed by atoms with van der Waals surface area (Å²) in [5.41, 5.74) is 2.41. The Balaban J connectivity index is 2.07. The topological polar surface area (TPSA) is 61.4 Å². The molecule has 0 heterocycles. The number of hydrogen-bond donors (Lipinski definition) is 2. The summed E-state index contributed by atoms with van der Waals surface area (Å²) in [4.78, 5) is 26.2. The summed E-state index contributed by atoms with van der Waals surface area (Å²) in [6, 6.07) is 11.3. The Morgan fingerprint density at radius 1 is 0.960 bits per heavy atom. The van der Waals surface area contributed by atoms with Gasteiger partial charge in [-0.15, -0.1) is 0 Å². The number of nitrogens with zero attached hydrogens (tertiary/aromatic N) is 1. The largest absolute Gasteiger partial charge is 0.372 e. The fraction of sp³-hybridized carbons (Fsp3) is 0.263. The van der Waals surface area contributed by atoms with Crippen molar-refractivity contribution in [3.63, 3.8) is 0 Å². The third-order valence-corrected chi connectivity index (χ3v) is 3.92. The van der Waals surface area contributed by atoms with Gasteiger partial charge < -0.3 is 15.5 Å². The number of hydrogen-bond acceptors (Lipinski definition) is 3. The van der Waals surface area contributed by atoms with Crippen molar-refractivity contribution in [3.05, 3.63) is 53.8 Å². The van der Waals surface area contributed by atoms with Gasteiger partial charge in [0.2, 0.25) is 0 Å². The lowest BCUT2D eigenvalue weighted by atomic mass is 10.1. The molecule has 2 aromatic rings. The molecule has 132 valence electrons. The molecule has 0 saturated carbocycles. The van der Waals surface area contributed by atoms with E-state index in [1.807, 2.05) is 19.1 Å². The van der Waals surface area contributed by atoms with E-state index in [1.165, 1.54) is 18.2 Å². The van der Waals surface area contributed by atoms with Crippen LogP contribution in [0.1, 0.15) is 19.4 Å². The average molecular weight is 343 g/mol. The quantitative estimate of drug-likeness (QED) is 0.816. The first kappa shape index (κ1) is 18.4. The predicted molar refractivity (Wildman–Crippen MR) is 98.4 cm³/mol. The fourth-order valence-electron chi connectivity index (χ4n) is 2.49. The average Bonchev–Trinajstić information content (AvgIpc) is 2.60. The lowest BCUT2D eigenvalue weighted by Gasteiger charge is -2.22. The summed E-state index contributed by atoms with van der Waals surface area (Å²) < 4.78 is 13.5. The van der Waals surface area contributed by atoms with Gasteiger partial charge in [-0.1, -0.05) is 12.1 Å². The van der Waals surface area contributed by atoms with E-state index in [4.69, 9.17) is 0 Å². The molecule has 0 bridgehead atoms. The van der Waals surface area contributed by atoms with Crippen LogP contribution >= 0.6 is 0 Å². The van der Waals surface area contributed by atoms with Crippen molar-refractivity contribution >= 4 is 28.9 Å². The first-order valence-corrected chi connectivity index (χ1v) is 8.18. The molecule has 2 N–H and O–H groups in total. The second-order valence-corrected chi connectivity index (χ2v) is 5.56. The van der Waals surface area contributed by atoms with E-state index in [-0.39, 0.29) is 5.69 Å². The second-order valence-electron chi connectivity index (χ2n) is 5.56. The van der Waals surface area contributed by atoms with Crippen LogP contribution in [0.25, 0.3) is 0 Å². The normalized spacial score (nSPS) is 10.2. The van der Waals surface area contributed by atoms with Crippen LogP contribution in [0, 0.1) is 12.7 Å². The summed E-state index contributed by atoms with van der Waals surface area (Å²) in [5, 5.41) is 4.82. The van der Waals surface area contributed by atoms with Crippen LogP contribution in [0.2, 0.25) is 0 Å². The Kier molecular flexibility index (Phi) is 6.11. The van der Waals surface area contributed by atoms with Crippen molar-refractivity contribution < 1.29 is 14.0 Å². The monoisotopic (exact) mass is 343 g/mol. The number of halogens is 1. The van der Waals surface area contributed by atoms with Crippen molar-refractivity contribution in [2.45, 2.75) is 20.8 Å². The third-order valence-electron chi connectivity index (χ3n) is 3.92. The minimum atomic E-state index is -0.919. The van der Waals surface area contributed by atoms with Crippen LogP contribution in [-0.4, -0.2) is 24.9 Å². The minimum Gasteiger partial charge on any atom is -0.372 e. The minimum absolute atomic E-state index is 0.0312. The van der Waals surface area contributed by atoms with Crippen molar-refractivity contribution in [1.29, 1.82) is 0 Å². The fourth-order valence-corrected chi connectivity index (χ4v) is 2.49. The zero-order valence-corrected chi connectivity index (χ0v) is 14.6. The number of para-hydroxylation sites is 1. The van der Waals surface area contributed by atoms with Crippen LogP contribution in [0.15, 0.2) is 42.5 Å². The van der Waals surface area contributed by atoms with Gasteiger partial charge in [-0.25, -0.2) is 4.39 Å². The molecular weight excluding hydrogens is 321 g/mol. The first-order valence-electron chi connectivity index (χ1n) is 8.18. The van der Waals surface area contributed by atoms with E-state index in [9.17, 15) is 14.0 Å². The number of benzene rings is 2. The predicted octanol–water partition coefficient (Wildman–Crippen LogP) is 3.56. The van der Waals surface area contributed by atoms with E-state index < -0.39 is 17.6 Å². The number of nitrogens with one attached hydrogen (secondary N) is 2. The molecule has 0 atom stereocenters. The molecule has 0 fully saturated rings. The third kappa shape index (κ3) is 4.56. The molecule has 6 heteroatoms. The highest BCUT2D eigenvalue weighted by molar-refractivity contribution is 6.43. The molecule has 0 aliphatic rings. The van der Waals surface area contributed by atoms with Gasteiger partial charge in [-0.05, 0) is 56.7 Å². The Bertz CT molecular complexity index is 773. The first-order chi connectivity index (χ1) is 12.0. The Labute approximate surface area is 146 Å². The summed E-state index contributed by atoms with van der Waals surface area (Å²) in [6.45, 7) is 7.76. The molecule has 0 spiro atoms. The molecule has 0 aliphatic heterocycles. The van der Waals surface area contributed by atoms with E-state index in [1.54, 1.807) is 12.1 Å². The lowest BCUT2D eigenvalue weighted by molar-refractivity contribution is -0.133. The van der Waals surface area contributed by atoms with Gasteiger partial charge in [0.15, 0.2) is 0 Å². The maximum absolute atomic E-state index is 13.5. The lowest BCUT2D eigenvalue weighted by Crippen LogP contribution is -2.29. The van der Waals surface area contributed by atoms with Gasteiger partial charge in [-0.2, -0.15) is 0 Å². The molecule has 2 amide bonds. The zero-order chi connectivity index (χ0) is 18.4. The Morgan fingerprint density at radius 2 is 1.56 bits per heavy atom. The van der Waals surface area contributed by atoms with Gasteiger partial charge in [0, 0.05) is 24.5 Å². The summed E-state index contributed by atoms with van der Waals surface area (Å²) in [7, 11) is 0. The van der Waals surface area contributed by atoms with Crippen LogP contribution in [0.4, 0.5) is 21.5 Å². The maximum atomic E-state index is 13.5. The highest BCUT2D eigenvalue weighted by Crippen LogP contribution is 2.22.